The van der Waals surface area contributed by atoms with Crippen LogP contribution < -0.4 is 24.4 Å². The zero-order valence-corrected chi connectivity index (χ0v) is 21.5. The van der Waals surface area contributed by atoms with Crippen LogP contribution in [0.4, 0.5) is 14.9 Å². The summed E-state index contributed by atoms with van der Waals surface area (Å²) in [5, 5.41) is 2.20. The molecule has 1 aliphatic heterocycles. The Morgan fingerprint density at radius 2 is 1.78 bits per heavy atom. The number of hydrogen-bond donors (Lipinski definition) is 1. The Labute approximate surface area is 220 Å². The molecule has 0 bridgehead atoms. The number of halogens is 2. The van der Waals surface area contributed by atoms with Gasteiger partial charge in [-0.05, 0) is 88.6 Å². The van der Waals surface area contributed by atoms with Crippen molar-refractivity contribution in [3.63, 3.8) is 0 Å². The maximum absolute atomic E-state index is 13.5. The number of rotatable bonds is 8. The van der Waals surface area contributed by atoms with Gasteiger partial charge in [-0.3, -0.25) is 14.9 Å². The smallest absolute Gasteiger partial charge is 0.335 e. The summed E-state index contributed by atoms with van der Waals surface area (Å²) >= 11 is 3.43. The van der Waals surface area contributed by atoms with E-state index in [-0.39, 0.29) is 23.7 Å². The second-order valence-electron chi connectivity index (χ2n) is 7.84. The van der Waals surface area contributed by atoms with Gasteiger partial charge in [0.25, 0.3) is 11.8 Å². The predicted molar refractivity (Wildman–Crippen MR) is 138 cm³/mol. The molecule has 1 fully saturated rings. The fourth-order valence-electron chi connectivity index (χ4n) is 3.66. The second kappa shape index (κ2) is 11.3. The van der Waals surface area contributed by atoms with E-state index >= 15 is 0 Å². The summed E-state index contributed by atoms with van der Waals surface area (Å²) in [6.45, 7) is 2.40. The number of hydrogen-bond acceptors (Lipinski definition) is 6. The highest BCUT2D eigenvalue weighted by molar-refractivity contribution is 9.10. The molecule has 10 heteroatoms. The number of urea groups is 1. The molecular weight excluding hydrogens is 547 g/mol. The van der Waals surface area contributed by atoms with E-state index in [0.717, 1.165) is 4.90 Å². The maximum atomic E-state index is 13.5. The first-order valence-electron chi connectivity index (χ1n) is 11.2. The lowest BCUT2D eigenvalue weighted by Gasteiger charge is -2.26. The molecule has 190 valence electrons. The van der Waals surface area contributed by atoms with Gasteiger partial charge in [0, 0.05) is 0 Å². The van der Waals surface area contributed by atoms with Crippen molar-refractivity contribution < 1.29 is 33.0 Å². The summed E-state index contributed by atoms with van der Waals surface area (Å²) in [6.07, 6.45) is 1.36. The van der Waals surface area contributed by atoms with Crippen LogP contribution in [0, 0.1) is 5.82 Å². The van der Waals surface area contributed by atoms with E-state index in [1.807, 2.05) is 6.92 Å². The molecule has 4 amide bonds. The molecule has 1 saturated heterocycles. The highest BCUT2D eigenvalue weighted by atomic mass is 79.9. The number of nitrogens with one attached hydrogen (secondary N) is 1. The monoisotopic (exact) mass is 568 g/mol. The summed E-state index contributed by atoms with van der Waals surface area (Å²) in [5.74, 6) is -0.708. The first kappa shape index (κ1) is 25.9. The van der Waals surface area contributed by atoms with E-state index in [1.54, 1.807) is 48.5 Å². The average molecular weight is 569 g/mol. The SMILES string of the molecule is CCOc1ccc(N2C(=O)NC(=O)/C(=C\c3cc(Br)c(OCc4cccc(F)c4)c(OC)c3)C2=O)cc1. The van der Waals surface area contributed by atoms with E-state index in [0.29, 0.717) is 39.5 Å². The van der Waals surface area contributed by atoms with Gasteiger partial charge in [-0.15, -0.1) is 0 Å². The van der Waals surface area contributed by atoms with Crippen molar-refractivity contribution in [1.82, 2.24) is 5.32 Å². The van der Waals surface area contributed by atoms with Gasteiger partial charge in [0.15, 0.2) is 11.5 Å². The fourth-order valence-corrected chi connectivity index (χ4v) is 4.24. The second-order valence-corrected chi connectivity index (χ2v) is 8.69. The molecule has 0 unspecified atom stereocenters. The number of anilines is 1. The minimum Gasteiger partial charge on any atom is -0.494 e. The molecule has 37 heavy (non-hydrogen) atoms. The molecule has 0 aromatic heterocycles. The Balaban J connectivity index is 1.61. The first-order valence-corrected chi connectivity index (χ1v) is 12.0. The number of carbonyl (C=O) groups excluding carboxylic acids is 3. The molecule has 0 spiro atoms. The molecule has 0 aliphatic carbocycles. The lowest BCUT2D eigenvalue weighted by atomic mass is 10.1. The van der Waals surface area contributed by atoms with Gasteiger partial charge < -0.3 is 14.2 Å². The van der Waals surface area contributed by atoms with Crippen LogP contribution in [0.1, 0.15) is 18.1 Å². The van der Waals surface area contributed by atoms with Crippen molar-refractivity contribution in [3.8, 4) is 17.2 Å². The quantitative estimate of drug-likeness (QED) is 0.295. The average Bonchev–Trinajstić information content (AvgIpc) is 2.86. The molecule has 0 saturated carbocycles. The van der Waals surface area contributed by atoms with Crippen LogP contribution in [0.3, 0.4) is 0 Å². The maximum Gasteiger partial charge on any atom is 0.335 e. The largest absolute Gasteiger partial charge is 0.494 e. The zero-order valence-electron chi connectivity index (χ0n) is 19.9. The molecule has 3 aromatic rings. The Kier molecular flexibility index (Phi) is 7.88. The normalized spacial score (nSPS) is 14.5. The summed E-state index contributed by atoms with van der Waals surface area (Å²) < 4.78 is 30.6. The van der Waals surface area contributed by atoms with Crippen LogP contribution in [0.2, 0.25) is 0 Å². The van der Waals surface area contributed by atoms with E-state index in [1.165, 1.54) is 25.3 Å². The van der Waals surface area contributed by atoms with Crippen molar-refractivity contribution in [2.24, 2.45) is 0 Å². The van der Waals surface area contributed by atoms with Gasteiger partial charge in [-0.1, -0.05) is 12.1 Å². The standard InChI is InChI=1S/C27H22BrFN2O6/c1-3-36-20-9-7-19(8-10-20)31-26(33)21(25(32)30-27(31)34)12-17-13-22(28)24(23(14-17)35-2)37-15-16-5-4-6-18(29)11-16/h4-14H,3,15H2,1-2H3,(H,30,32,34)/b21-12+. The Bertz CT molecular complexity index is 1390. The van der Waals surface area contributed by atoms with Gasteiger partial charge in [0.2, 0.25) is 0 Å². The number of methoxy groups -OCH3 is 1. The molecule has 1 aliphatic rings. The van der Waals surface area contributed by atoms with Gasteiger partial charge in [0.1, 0.15) is 23.7 Å². The Morgan fingerprint density at radius 1 is 1.03 bits per heavy atom. The predicted octanol–water partition coefficient (Wildman–Crippen LogP) is 5.24. The lowest BCUT2D eigenvalue weighted by Crippen LogP contribution is -2.54. The Morgan fingerprint density at radius 3 is 2.46 bits per heavy atom. The third kappa shape index (κ3) is 5.80. The van der Waals surface area contributed by atoms with E-state index in [4.69, 9.17) is 14.2 Å². The van der Waals surface area contributed by atoms with Crippen molar-refractivity contribution in [2.45, 2.75) is 13.5 Å². The van der Waals surface area contributed by atoms with Crippen LogP contribution in [0.5, 0.6) is 17.2 Å². The van der Waals surface area contributed by atoms with Crippen molar-refractivity contribution in [1.29, 1.82) is 0 Å². The molecule has 0 radical (unpaired) electrons. The number of amides is 4. The van der Waals surface area contributed by atoms with Crippen LogP contribution in [-0.4, -0.2) is 31.6 Å². The highest BCUT2D eigenvalue weighted by Crippen LogP contribution is 2.38. The molecule has 0 atom stereocenters. The Hall–Kier alpha value is -4.18. The first-order chi connectivity index (χ1) is 17.8. The fraction of sp³-hybridized carbons (Fsp3) is 0.148. The summed E-state index contributed by atoms with van der Waals surface area (Å²) in [4.78, 5) is 39.1. The van der Waals surface area contributed by atoms with Crippen LogP contribution in [0.15, 0.2) is 70.7 Å². The number of barbiturate groups is 1. The van der Waals surface area contributed by atoms with E-state index in [2.05, 4.69) is 21.2 Å². The molecule has 4 rings (SSSR count). The van der Waals surface area contributed by atoms with E-state index in [9.17, 15) is 18.8 Å². The third-order valence-electron chi connectivity index (χ3n) is 5.34. The minimum atomic E-state index is -0.851. The minimum absolute atomic E-state index is 0.0905. The van der Waals surface area contributed by atoms with Crippen molar-refractivity contribution in [3.05, 3.63) is 87.7 Å². The van der Waals surface area contributed by atoms with Crippen LogP contribution >= 0.6 is 15.9 Å². The number of imide groups is 2. The van der Waals surface area contributed by atoms with Gasteiger partial charge in [0.05, 0.1) is 23.9 Å². The van der Waals surface area contributed by atoms with Crippen molar-refractivity contribution >= 4 is 45.5 Å². The summed E-state index contributed by atoms with van der Waals surface area (Å²) in [7, 11) is 1.44. The highest BCUT2D eigenvalue weighted by Gasteiger charge is 2.37. The third-order valence-corrected chi connectivity index (χ3v) is 5.93. The van der Waals surface area contributed by atoms with Gasteiger partial charge in [-0.2, -0.15) is 0 Å². The number of ether oxygens (including phenoxy) is 3. The molecular formula is C27H22BrFN2O6. The topological polar surface area (TPSA) is 94.2 Å². The number of carbonyl (C=O) groups is 3. The van der Waals surface area contributed by atoms with Gasteiger partial charge >= 0.3 is 6.03 Å². The number of benzene rings is 3. The summed E-state index contributed by atoms with van der Waals surface area (Å²) in [5.41, 5.74) is 1.12. The summed E-state index contributed by atoms with van der Waals surface area (Å²) in [6, 6.07) is 14.8. The molecule has 1 N–H and O–H groups in total. The molecule has 3 aromatic carbocycles. The lowest BCUT2D eigenvalue weighted by molar-refractivity contribution is -0.122. The van der Waals surface area contributed by atoms with Crippen molar-refractivity contribution in [2.75, 3.05) is 18.6 Å². The number of nitrogens with zero attached hydrogens (tertiary/aromatic N) is 1. The zero-order chi connectivity index (χ0) is 26.5. The molecule has 1 heterocycles. The van der Waals surface area contributed by atoms with E-state index < -0.39 is 17.8 Å². The van der Waals surface area contributed by atoms with Crippen LogP contribution in [-0.2, 0) is 16.2 Å². The van der Waals surface area contributed by atoms with Gasteiger partial charge in [-0.25, -0.2) is 14.1 Å². The molecule has 8 nitrogen and oxygen atoms in total. The van der Waals surface area contributed by atoms with Crippen LogP contribution in [0.25, 0.3) is 6.08 Å².